The minimum atomic E-state index is -1.48. The van der Waals surface area contributed by atoms with E-state index in [1.165, 1.54) is 13.8 Å². The first-order chi connectivity index (χ1) is 3.85. The van der Waals surface area contributed by atoms with Gasteiger partial charge in [0, 0.05) is 0 Å². The van der Waals surface area contributed by atoms with Crippen molar-refractivity contribution in [3.8, 4) is 0 Å². The Morgan fingerprint density at radius 2 is 1.78 bits per heavy atom. The molecule has 0 aromatic carbocycles. The molecule has 0 unspecified atom stereocenters. The van der Waals surface area contributed by atoms with Gasteiger partial charge in [0.2, 0.25) is 0 Å². The number of rotatable bonds is 2. The maximum absolute atomic E-state index is 10.4. The first kappa shape index (κ1) is 8.10. The molecule has 3 N–H and O–H groups in total. The highest BCUT2D eigenvalue weighted by Crippen LogP contribution is 1.97. The van der Waals surface area contributed by atoms with Crippen LogP contribution in [-0.4, -0.2) is 22.4 Å². The second-order valence-corrected chi connectivity index (χ2v) is 2.36. The van der Waals surface area contributed by atoms with Crippen molar-refractivity contribution in [2.75, 3.05) is 0 Å². The molecule has 4 nitrogen and oxygen atoms in total. The van der Waals surface area contributed by atoms with Crippen LogP contribution >= 0.6 is 0 Å². The van der Waals surface area contributed by atoms with Crippen LogP contribution in [0.1, 0.15) is 13.8 Å². The van der Waals surface area contributed by atoms with Crippen molar-refractivity contribution in [1.82, 2.24) is 0 Å². The number of hydrogen-bond acceptors (Lipinski definition) is 3. The van der Waals surface area contributed by atoms with Gasteiger partial charge in [0.15, 0.2) is 0 Å². The van der Waals surface area contributed by atoms with Gasteiger partial charge < -0.3 is 10.8 Å². The molecular formula is C5H9NO3. The number of hydrogen-bond donors (Lipinski definition) is 2. The molecule has 0 saturated carbocycles. The fourth-order valence-electron chi connectivity index (χ4n) is 0.276. The number of carbonyl (C=O) groups is 2. The molecule has 52 valence electrons. The van der Waals surface area contributed by atoms with Crippen molar-refractivity contribution in [3.63, 3.8) is 0 Å². The van der Waals surface area contributed by atoms with Gasteiger partial charge in [0.1, 0.15) is 0 Å². The summed E-state index contributed by atoms with van der Waals surface area (Å²) in [4.78, 5) is 20.4. The zero-order valence-electron chi connectivity index (χ0n) is 5.34. The standard InChI is InChI=1S/C5H9NO3/c1-5(2,6)3(7)4(8)9/h6H2,1-2H3,(H,8,9). The van der Waals surface area contributed by atoms with Crippen LogP contribution < -0.4 is 5.73 Å². The molecule has 0 rings (SSSR count). The summed E-state index contributed by atoms with van der Waals surface area (Å²) in [5, 5.41) is 8.09. The lowest BCUT2D eigenvalue weighted by atomic mass is 10.0. The molecule has 0 aliphatic carbocycles. The number of Topliss-reactive ketones (excluding diaryl/α,β-unsaturated/α-hetero) is 1. The quantitative estimate of drug-likeness (QED) is 0.489. The highest BCUT2D eigenvalue weighted by Gasteiger charge is 2.27. The lowest BCUT2D eigenvalue weighted by Crippen LogP contribution is -2.45. The summed E-state index contributed by atoms with van der Waals surface area (Å²) in [5.41, 5.74) is 3.89. The SMILES string of the molecule is CC(C)(N)C(=O)C(=O)O. The summed E-state index contributed by atoms with van der Waals surface area (Å²) >= 11 is 0. The highest BCUT2D eigenvalue weighted by atomic mass is 16.4. The summed E-state index contributed by atoms with van der Waals surface area (Å²) < 4.78 is 0. The maximum atomic E-state index is 10.4. The molecule has 0 aromatic heterocycles. The lowest BCUT2D eigenvalue weighted by Gasteiger charge is -2.11. The van der Waals surface area contributed by atoms with E-state index in [9.17, 15) is 9.59 Å². The van der Waals surface area contributed by atoms with Crippen molar-refractivity contribution in [2.24, 2.45) is 5.73 Å². The molecule has 0 fully saturated rings. The van der Waals surface area contributed by atoms with Crippen LogP contribution in [0.25, 0.3) is 0 Å². The molecular weight excluding hydrogens is 122 g/mol. The van der Waals surface area contributed by atoms with Crippen molar-refractivity contribution in [2.45, 2.75) is 19.4 Å². The largest absolute Gasteiger partial charge is 0.475 e. The molecule has 0 atom stereocenters. The van der Waals surface area contributed by atoms with E-state index in [2.05, 4.69) is 0 Å². The fourth-order valence-corrected chi connectivity index (χ4v) is 0.276. The summed E-state index contributed by atoms with van der Waals surface area (Å²) in [6.07, 6.45) is 0. The van der Waals surface area contributed by atoms with E-state index in [4.69, 9.17) is 10.8 Å². The highest BCUT2D eigenvalue weighted by molar-refractivity contribution is 6.36. The molecule has 9 heavy (non-hydrogen) atoms. The number of carboxylic acids is 1. The van der Waals surface area contributed by atoms with Crippen LogP contribution in [0.3, 0.4) is 0 Å². The molecule has 0 amide bonds. The van der Waals surface area contributed by atoms with Crippen LogP contribution in [-0.2, 0) is 9.59 Å². The Hall–Kier alpha value is -0.900. The van der Waals surface area contributed by atoms with Gasteiger partial charge in [-0.3, -0.25) is 4.79 Å². The zero-order chi connectivity index (χ0) is 7.65. The molecule has 0 saturated heterocycles. The average molecular weight is 131 g/mol. The Morgan fingerprint density at radius 1 is 1.44 bits per heavy atom. The summed E-state index contributed by atoms with van der Waals surface area (Å²) in [7, 11) is 0. The minimum Gasteiger partial charge on any atom is -0.475 e. The monoisotopic (exact) mass is 131 g/mol. The maximum Gasteiger partial charge on any atom is 0.374 e. The summed E-state index contributed by atoms with van der Waals surface area (Å²) in [6.45, 7) is 2.70. The van der Waals surface area contributed by atoms with Gasteiger partial charge in [0.05, 0.1) is 5.54 Å². The third-order valence-corrected chi connectivity index (χ3v) is 0.779. The lowest BCUT2D eigenvalue weighted by molar-refractivity contribution is -0.151. The van der Waals surface area contributed by atoms with E-state index < -0.39 is 17.3 Å². The fraction of sp³-hybridized carbons (Fsp3) is 0.600. The van der Waals surface area contributed by atoms with Crippen molar-refractivity contribution in [1.29, 1.82) is 0 Å². The van der Waals surface area contributed by atoms with Crippen LogP contribution in [0.4, 0.5) is 0 Å². The molecule has 0 bridgehead atoms. The van der Waals surface area contributed by atoms with Gasteiger partial charge in [-0.1, -0.05) is 0 Å². The van der Waals surface area contributed by atoms with Crippen molar-refractivity contribution < 1.29 is 14.7 Å². The van der Waals surface area contributed by atoms with E-state index in [0.29, 0.717) is 0 Å². The van der Waals surface area contributed by atoms with Crippen LogP contribution in [0.15, 0.2) is 0 Å². The zero-order valence-corrected chi connectivity index (χ0v) is 5.34. The Morgan fingerprint density at radius 3 is 1.78 bits per heavy atom. The molecule has 0 aliphatic rings. The Bertz CT molecular complexity index is 145. The Labute approximate surface area is 52.7 Å². The van der Waals surface area contributed by atoms with Gasteiger partial charge in [-0.25, -0.2) is 4.79 Å². The smallest absolute Gasteiger partial charge is 0.374 e. The first-order valence-electron chi connectivity index (χ1n) is 2.42. The molecule has 0 heterocycles. The normalized spacial score (nSPS) is 11.0. The second-order valence-electron chi connectivity index (χ2n) is 2.36. The number of carbonyl (C=O) groups excluding carboxylic acids is 1. The molecule has 0 aliphatic heterocycles. The predicted molar refractivity (Wildman–Crippen MR) is 30.9 cm³/mol. The third kappa shape index (κ3) is 2.23. The Kier molecular flexibility index (Phi) is 1.93. The second kappa shape index (κ2) is 2.14. The first-order valence-corrected chi connectivity index (χ1v) is 2.42. The van der Waals surface area contributed by atoms with E-state index in [1.54, 1.807) is 0 Å². The van der Waals surface area contributed by atoms with E-state index in [1.807, 2.05) is 0 Å². The van der Waals surface area contributed by atoms with Gasteiger partial charge in [0.25, 0.3) is 5.78 Å². The topological polar surface area (TPSA) is 80.4 Å². The van der Waals surface area contributed by atoms with Gasteiger partial charge in [-0.2, -0.15) is 0 Å². The van der Waals surface area contributed by atoms with Crippen LogP contribution in [0.5, 0.6) is 0 Å². The van der Waals surface area contributed by atoms with Crippen molar-refractivity contribution in [3.05, 3.63) is 0 Å². The van der Waals surface area contributed by atoms with E-state index in [-0.39, 0.29) is 0 Å². The number of aliphatic carboxylic acids is 1. The van der Waals surface area contributed by atoms with E-state index in [0.717, 1.165) is 0 Å². The van der Waals surface area contributed by atoms with Gasteiger partial charge in [-0.05, 0) is 13.8 Å². The summed E-state index contributed by atoms with van der Waals surface area (Å²) in [5.74, 6) is -2.45. The number of ketones is 1. The third-order valence-electron chi connectivity index (χ3n) is 0.779. The number of nitrogens with two attached hydrogens (primary N) is 1. The number of carboxylic acid groups (broad SMARTS) is 1. The minimum absolute atomic E-state index is 0.970. The van der Waals surface area contributed by atoms with Crippen LogP contribution in [0, 0.1) is 0 Å². The molecule has 0 aromatic rings. The van der Waals surface area contributed by atoms with Crippen LogP contribution in [0.2, 0.25) is 0 Å². The van der Waals surface area contributed by atoms with Gasteiger partial charge in [-0.15, -0.1) is 0 Å². The predicted octanol–water partition coefficient (Wildman–Crippen LogP) is -0.623. The molecule has 0 spiro atoms. The van der Waals surface area contributed by atoms with E-state index >= 15 is 0 Å². The average Bonchev–Trinajstić information content (AvgIpc) is 1.62. The summed E-state index contributed by atoms with van der Waals surface area (Å²) in [6, 6.07) is 0. The Balaban J connectivity index is 4.23. The molecule has 0 radical (unpaired) electrons. The molecule has 4 heteroatoms. The van der Waals surface area contributed by atoms with Gasteiger partial charge >= 0.3 is 5.97 Å². The van der Waals surface area contributed by atoms with Crippen molar-refractivity contribution >= 4 is 11.8 Å².